The van der Waals surface area contributed by atoms with Crippen LogP contribution in [0.1, 0.15) is 80.7 Å². The molecule has 5 aromatic rings. The van der Waals surface area contributed by atoms with E-state index < -0.39 is 11.7 Å². The van der Waals surface area contributed by atoms with Crippen LogP contribution in [0.15, 0.2) is 95.0 Å². The highest BCUT2D eigenvalue weighted by Crippen LogP contribution is 2.37. The Bertz CT molecular complexity index is 1890. The fraction of sp³-hybridized carbons (Fsp3) is 0.270. The third-order valence-electron chi connectivity index (χ3n) is 7.26. The first-order valence-electron chi connectivity index (χ1n) is 15.5. The minimum absolute atomic E-state index is 0.173. The molecule has 0 bridgehead atoms. The standard InChI is InChI=1S/C37H40N6O3S/c1-22(2)30-18-17-29-33(42-30)38-21-39-34(29)43-31-20-26(35(44)40-24(4)25-10-8-23(3)9-11-25)12-19-32(31)47-28-15-13-27(14-16-28)41-36(45)46-37(5,6)7/h8-22,24H,1-7H3,(H,40,44)(H,41,45)(H,38,39,42,43)/t24-/m0/s1. The molecule has 0 spiro atoms. The Hall–Kier alpha value is -4.96. The number of carbonyl (C=O) groups excluding carboxylic acids is 2. The third kappa shape index (κ3) is 8.86. The van der Waals surface area contributed by atoms with E-state index in [1.165, 1.54) is 18.1 Å². The van der Waals surface area contributed by atoms with Crippen LogP contribution >= 0.6 is 11.8 Å². The van der Waals surface area contributed by atoms with Gasteiger partial charge in [-0.15, -0.1) is 0 Å². The zero-order valence-corrected chi connectivity index (χ0v) is 28.5. The van der Waals surface area contributed by atoms with Crippen molar-refractivity contribution >= 4 is 52.0 Å². The van der Waals surface area contributed by atoms with Crippen LogP contribution in [-0.4, -0.2) is 32.6 Å². The van der Waals surface area contributed by atoms with E-state index in [4.69, 9.17) is 9.72 Å². The highest BCUT2D eigenvalue weighted by atomic mass is 32.2. The molecule has 5 rings (SSSR count). The number of ether oxygens (including phenoxy) is 1. The lowest BCUT2D eigenvalue weighted by Crippen LogP contribution is -2.27. The lowest BCUT2D eigenvalue weighted by atomic mass is 10.1. The van der Waals surface area contributed by atoms with E-state index in [2.05, 4.69) is 39.8 Å². The number of fused-ring (bicyclic) bond motifs is 1. The average molecular weight is 649 g/mol. The van der Waals surface area contributed by atoms with Gasteiger partial charge in [-0.1, -0.05) is 55.4 Å². The number of nitrogens with one attached hydrogen (secondary N) is 3. The molecule has 3 N–H and O–H groups in total. The number of aromatic nitrogens is 3. The van der Waals surface area contributed by atoms with Crippen molar-refractivity contribution in [3.63, 3.8) is 0 Å². The molecule has 0 aliphatic rings. The van der Waals surface area contributed by atoms with Crippen molar-refractivity contribution in [2.45, 2.75) is 75.8 Å². The van der Waals surface area contributed by atoms with E-state index in [9.17, 15) is 9.59 Å². The summed E-state index contributed by atoms with van der Waals surface area (Å²) in [6, 6.07) is 25.0. The summed E-state index contributed by atoms with van der Waals surface area (Å²) < 4.78 is 5.36. The Labute approximate surface area is 280 Å². The van der Waals surface area contributed by atoms with E-state index in [0.29, 0.717) is 28.4 Å². The first-order valence-corrected chi connectivity index (χ1v) is 16.3. The van der Waals surface area contributed by atoms with Crippen LogP contribution in [0, 0.1) is 6.92 Å². The molecular weight excluding hydrogens is 609 g/mol. The first-order chi connectivity index (χ1) is 22.3. The second-order valence-corrected chi connectivity index (χ2v) is 13.8. The summed E-state index contributed by atoms with van der Waals surface area (Å²) in [5.41, 5.74) is 4.98. The Kier molecular flexibility index (Phi) is 10.1. The Morgan fingerprint density at radius 3 is 2.28 bits per heavy atom. The molecule has 2 aromatic heterocycles. The van der Waals surface area contributed by atoms with E-state index in [-0.39, 0.29) is 17.9 Å². The van der Waals surface area contributed by atoms with Crippen molar-refractivity contribution in [3.8, 4) is 0 Å². The Morgan fingerprint density at radius 1 is 0.872 bits per heavy atom. The molecule has 3 aromatic carbocycles. The lowest BCUT2D eigenvalue weighted by molar-refractivity contribution is 0.0635. The van der Waals surface area contributed by atoms with Gasteiger partial charge in [0.25, 0.3) is 5.91 Å². The van der Waals surface area contributed by atoms with Crippen molar-refractivity contribution in [2.24, 2.45) is 0 Å². The summed E-state index contributed by atoms with van der Waals surface area (Å²) in [6.07, 6.45) is 0.979. The second-order valence-electron chi connectivity index (χ2n) is 12.7. The summed E-state index contributed by atoms with van der Waals surface area (Å²) in [4.78, 5) is 41.2. The van der Waals surface area contributed by atoms with Gasteiger partial charge in [-0.25, -0.2) is 19.7 Å². The fourth-order valence-electron chi connectivity index (χ4n) is 4.74. The summed E-state index contributed by atoms with van der Waals surface area (Å²) in [5, 5.41) is 10.1. The molecule has 1 atom stereocenters. The zero-order valence-electron chi connectivity index (χ0n) is 27.7. The molecule has 0 saturated heterocycles. The molecule has 0 unspecified atom stereocenters. The number of amides is 2. The van der Waals surface area contributed by atoms with Crippen LogP contribution in [0.3, 0.4) is 0 Å². The van der Waals surface area contributed by atoms with Gasteiger partial charge in [-0.05, 0) is 101 Å². The number of pyridine rings is 1. The van der Waals surface area contributed by atoms with Crippen LogP contribution in [0.25, 0.3) is 11.0 Å². The largest absolute Gasteiger partial charge is 0.444 e. The first kappa shape index (κ1) is 33.4. The molecule has 0 aliphatic heterocycles. The summed E-state index contributed by atoms with van der Waals surface area (Å²) in [7, 11) is 0. The maximum Gasteiger partial charge on any atom is 0.412 e. The molecule has 47 heavy (non-hydrogen) atoms. The van der Waals surface area contributed by atoms with Crippen LogP contribution in [-0.2, 0) is 4.74 Å². The minimum atomic E-state index is -0.590. The maximum absolute atomic E-state index is 13.5. The molecule has 0 saturated carbocycles. The zero-order chi connectivity index (χ0) is 33.7. The smallest absolute Gasteiger partial charge is 0.412 e. The van der Waals surface area contributed by atoms with Gasteiger partial charge >= 0.3 is 6.09 Å². The molecule has 0 fully saturated rings. The van der Waals surface area contributed by atoms with Gasteiger partial charge in [0.1, 0.15) is 17.7 Å². The van der Waals surface area contributed by atoms with Gasteiger partial charge in [0, 0.05) is 26.7 Å². The quantitative estimate of drug-likeness (QED) is 0.145. The number of rotatable bonds is 9. The Morgan fingerprint density at radius 2 is 1.60 bits per heavy atom. The molecule has 2 heterocycles. The van der Waals surface area contributed by atoms with Crippen LogP contribution in [0.2, 0.25) is 0 Å². The summed E-state index contributed by atoms with van der Waals surface area (Å²) >= 11 is 1.52. The van der Waals surface area contributed by atoms with Gasteiger partial charge in [-0.3, -0.25) is 10.1 Å². The number of carbonyl (C=O) groups is 2. The van der Waals surface area contributed by atoms with Crippen LogP contribution in [0.5, 0.6) is 0 Å². The highest BCUT2D eigenvalue weighted by Gasteiger charge is 2.18. The van der Waals surface area contributed by atoms with Crippen LogP contribution < -0.4 is 16.0 Å². The van der Waals surface area contributed by atoms with Gasteiger partial charge in [0.05, 0.1) is 17.1 Å². The molecule has 9 nitrogen and oxygen atoms in total. The molecule has 2 amide bonds. The monoisotopic (exact) mass is 648 g/mol. The SMILES string of the molecule is Cc1ccc([C@H](C)NC(=O)c2ccc(Sc3ccc(NC(=O)OC(C)(C)C)cc3)c(Nc3ncnc4nc(C(C)C)ccc34)c2)cc1. The number of hydrogen-bond donors (Lipinski definition) is 3. The van der Waals surface area contributed by atoms with Gasteiger partial charge in [0.2, 0.25) is 0 Å². The highest BCUT2D eigenvalue weighted by molar-refractivity contribution is 7.99. The van der Waals surface area contributed by atoms with E-state index in [1.807, 2.05) is 113 Å². The minimum Gasteiger partial charge on any atom is -0.444 e. The predicted molar refractivity (Wildman–Crippen MR) is 189 cm³/mol. The molecule has 10 heteroatoms. The van der Waals surface area contributed by atoms with Crippen LogP contribution in [0.4, 0.5) is 22.0 Å². The average Bonchev–Trinajstić information content (AvgIpc) is 3.02. The fourth-order valence-corrected chi connectivity index (χ4v) is 5.62. The number of aryl methyl sites for hydroxylation is 1. The van der Waals surface area contributed by atoms with E-state index >= 15 is 0 Å². The topological polar surface area (TPSA) is 118 Å². The number of hydrogen-bond acceptors (Lipinski definition) is 8. The number of benzene rings is 3. The van der Waals surface area contributed by atoms with Gasteiger partial charge < -0.3 is 15.4 Å². The Balaban J connectivity index is 1.43. The van der Waals surface area contributed by atoms with Crippen molar-refractivity contribution in [2.75, 3.05) is 10.6 Å². The van der Waals surface area contributed by atoms with E-state index in [0.717, 1.165) is 32.0 Å². The van der Waals surface area contributed by atoms with Crippen molar-refractivity contribution < 1.29 is 14.3 Å². The molecule has 0 aliphatic carbocycles. The normalized spacial score (nSPS) is 12.1. The molecule has 0 radical (unpaired) electrons. The van der Waals surface area contributed by atoms with Gasteiger partial charge in [-0.2, -0.15) is 0 Å². The maximum atomic E-state index is 13.5. The summed E-state index contributed by atoms with van der Waals surface area (Å²) in [5.74, 6) is 0.658. The van der Waals surface area contributed by atoms with Crippen molar-refractivity contribution in [3.05, 3.63) is 108 Å². The molecular formula is C37H40N6O3S. The lowest BCUT2D eigenvalue weighted by Gasteiger charge is -2.19. The third-order valence-corrected chi connectivity index (χ3v) is 8.34. The van der Waals surface area contributed by atoms with Crippen molar-refractivity contribution in [1.29, 1.82) is 0 Å². The number of nitrogens with zero attached hydrogens (tertiary/aromatic N) is 3. The summed E-state index contributed by atoms with van der Waals surface area (Å²) in [6.45, 7) is 13.7. The van der Waals surface area contributed by atoms with E-state index in [1.54, 1.807) is 0 Å². The van der Waals surface area contributed by atoms with Gasteiger partial charge in [0.15, 0.2) is 5.65 Å². The molecule has 242 valence electrons. The second kappa shape index (κ2) is 14.2. The number of anilines is 3. The van der Waals surface area contributed by atoms with Crippen molar-refractivity contribution in [1.82, 2.24) is 20.3 Å². The predicted octanol–water partition coefficient (Wildman–Crippen LogP) is 9.19.